The highest BCUT2D eigenvalue weighted by Gasteiger charge is 2.42. The quantitative estimate of drug-likeness (QED) is 0.563. The van der Waals surface area contributed by atoms with E-state index in [9.17, 15) is 4.79 Å². The lowest BCUT2D eigenvalue weighted by molar-refractivity contribution is -0.132. The van der Waals surface area contributed by atoms with Crippen LogP contribution in [0.25, 0.3) is 0 Å². The maximum Gasteiger partial charge on any atom is 0.144 e. The van der Waals surface area contributed by atoms with Crippen LogP contribution in [0.2, 0.25) is 0 Å². The van der Waals surface area contributed by atoms with Gasteiger partial charge in [-0.3, -0.25) is 4.79 Å². The number of ketones is 1. The Hall–Kier alpha value is -1.05. The van der Waals surface area contributed by atoms with Crippen LogP contribution >= 0.6 is 0 Å². The summed E-state index contributed by atoms with van der Waals surface area (Å²) in [4.78, 5) is 11.1. The molecule has 0 amide bonds. The fraction of sp³-hybridized carbons (Fsp3) is 0.444. The molecular formula is C9H10O2. The number of carbonyl (C=O) groups is 1. The van der Waals surface area contributed by atoms with E-state index in [-0.39, 0.29) is 5.92 Å². The molecular weight excluding hydrogens is 140 g/mol. The number of carbonyl (C=O) groups excluding carboxylic acids is 1. The zero-order chi connectivity index (χ0) is 7.84. The van der Waals surface area contributed by atoms with E-state index in [0.29, 0.717) is 18.1 Å². The molecule has 1 fully saturated rings. The Morgan fingerprint density at radius 3 is 3.00 bits per heavy atom. The van der Waals surface area contributed by atoms with Crippen LogP contribution in [-0.2, 0) is 9.53 Å². The van der Waals surface area contributed by atoms with Gasteiger partial charge in [0.15, 0.2) is 0 Å². The Kier molecular flexibility index (Phi) is 1.34. The zero-order valence-corrected chi connectivity index (χ0v) is 6.41. The second-order valence-electron chi connectivity index (χ2n) is 2.97. The SMILES string of the molecule is COC1=CC=CC2CC(=O)C12. The summed E-state index contributed by atoms with van der Waals surface area (Å²) in [7, 11) is 1.62. The minimum atomic E-state index is 0.0463. The summed E-state index contributed by atoms with van der Waals surface area (Å²) in [6.45, 7) is 0. The first kappa shape index (κ1) is 6.65. The van der Waals surface area contributed by atoms with Gasteiger partial charge >= 0.3 is 0 Å². The number of methoxy groups -OCH3 is 1. The first-order chi connectivity index (χ1) is 5.33. The Morgan fingerprint density at radius 2 is 2.45 bits per heavy atom. The number of Topliss-reactive ketones (excluding diaryl/α,β-unsaturated/α-hetero) is 1. The number of ether oxygens (including phenoxy) is 1. The highest BCUT2D eigenvalue weighted by Crippen LogP contribution is 2.39. The fourth-order valence-corrected chi connectivity index (χ4v) is 1.70. The van der Waals surface area contributed by atoms with E-state index in [1.165, 1.54) is 0 Å². The molecule has 2 aliphatic rings. The van der Waals surface area contributed by atoms with Crippen molar-refractivity contribution in [1.29, 1.82) is 0 Å². The molecule has 2 unspecified atom stereocenters. The van der Waals surface area contributed by atoms with E-state index < -0.39 is 0 Å². The maximum atomic E-state index is 11.1. The normalized spacial score (nSPS) is 33.9. The zero-order valence-electron chi connectivity index (χ0n) is 6.41. The van der Waals surface area contributed by atoms with E-state index in [1.807, 2.05) is 12.2 Å². The molecule has 0 aromatic rings. The lowest BCUT2D eigenvalue weighted by atomic mass is 9.69. The minimum absolute atomic E-state index is 0.0463. The molecule has 2 heteroatoms. The number of hydrogen-bond donors (Lipinski definition) is 0. The molecule has 0 N–H and O–H groups in total. The van der Waals surface area contributed by atoms with E-state index in [2.05, 4.69) is 6.08 Å². The Morgan fingerprint density at radius 1 is 1.64 bits per heavy atom. The number of allylic oxidation sites excluding steroid dienone is 4. The summed E-state index contributed by atoms with van der Waals surface area (Å²) in [5.74, 6) is 1.61. The van der Waals surface area contributed by atoms with Crippen molar-refractivity contribution in [3.8, 4) is 0 Å². The van der Waals surface area contributed by atoms with Gasteiger partial charge in [-0.15, -0.1) is 0 Å². The number of hydrogen-bond acceptors (Lipinski definition) is 2. The van der Waals surface area contributed by atoms with Crippen LogP contribution in [0, 0.1) is 11.8 Å². The van der Waals surface area contributed by atoms with Crippen molar-refractivity contribution < 1.29 is 9.53 Å². The predicted molar refractivity (Wildman–Crippen MR) is 40.8 cm³/mol. The summed E-state index contributed by atoms with van der Waals surface area (Å²) in [6, 6.07) is 0. The van der Waals surface area contributed by atoms with Crippen LogP contribution in [0.15, 0.2) is 24.0 Å². The Balaban J connectivity index is 2.24. The van der Waals surface area contributed by atoms with E-state index in [4.69, 9.17) is 4.74 Å². The van der Waals surface area contributed by atoms with Crippen molar-refractivity contribution in [2.75, 3.05) is 7.11 Å². The highest BCUT2D eigenvalue weighted by molar-refractivity contribution is 5.90. The van der Waals surface area contributed by atoms with Crippen molar-refractivity contribution in [3.63, 3.8) is 0 Å². The van der Waals surface area contributed by atoms with Crippen LogP contribution in [-0.4, -0.2) is 12.9 Å². The third-order valence-electron chi connectivity index (χ3n) is 2.37. The standard InChI is InChI=1S/C9H10O2/c1-11-8-4-2-3-6-5-7(10)9(6)8/h2-4,6,9H,5H2,1H3. The van der Waals surface area contributed by atoms with Gasteiger partial charge in [0.05, 0.1) is 13.0 Å². The summed E-state index contributed by atoms with van der Waals surface area (Å²) in [5, 5.41) is 0. The van der Waals surface area contributed by atoms with Crippen LogP contribution < -0.4 is 0 Å². The molecule has 2 atom stereocenters. The van der Waals surface area contributed by atoms with E-state index in [1.54, 1.807) is 7.11 Å². The van der Waals surface area contributed by atoms with Gasteiger partial charge in [0, 0.05) is 12.3 Å². The molecule has 2 nitrogen and oxygen atoms in total. The van der Waals surface area contributed by atoms with Gasteiger partial charge in [0.2, 0.25) is 0 Å². The second-order valence-corrected chi connectivity index (χ2v) is 2.97. The maximum absolute atomic E-state index is 11.1. The van der Waals surface area contributed by atoms with Gasteiger partial charge in [-0.1, -0.05) is 12.2 Å². The molecule has 0 spiro atoms. The third kappa shape index (κ3) is 0.821. The van der Waals surface area contributed by atoms with E-state index >= 15 is 0 Å². The molecule has 58 valence electrons. The lowest BCUT2D eigenvalue weighted by Gasteiger charge is -2.35. The van der Waals surface area contributed by atoms with Crippen molar-refractivity contribution in [2.24, 2.45) is 11.8 Å². The van der Waals surface area contributed by atoms with Crippen molar-refractivity contribution >= 4 is 5.78 Å². The first-order valence-electron chi connectivity index (χ1n) is 3.78. The molecule has 0 saturated heterocycles. The van der Waals surface area contributed by atoms with Gasteiger partial charge < -0.3 is 4.74 Å². The van der Waals surface area contributed by atoms with Crippen molar-refractivity contribution in [2.45, 2.75) is 6.42 Å². The van der Waals surface area contributed by atoms with Gasteiger partial charge in [-0.05, 0) is 6.08 Å². The van der Waals surface area contributed by atoms with Crippen LogP contribution in [0.4, 0.5) is 0 Å². The molecule has 11 heavy (non-hydrogen) atoms. The second kappa shape index (κ2) is 2.22. The molecule has 1 saturated carbocycles. The molecule has 0 aromatic carbocycles. The molecule has 0 aliphatic heterocycles. The molecule has 0 aromatic heterocycles. The average Bonchev–Trinajstić information content (AvgIpc) is 2.01. The topological polar surface area (TPSA) is 26.3 Å². The minimum Gasteiger partial charge on any atom is -0.500 e. The fourth-order valence-electron chi connectivity index (χ4n) is 1.70. The van der Waals surface area contributed by atoms with Crippen molar-refractivity contribution in [3.05, 3.63) is 24.0 Å². The van der Waals surface area contributed by atoms with Crippen molar-refractivity contribution in [1.82, 2.24) is 0 Å². The molecule has 0 bridgehead atoms. The highest BCUT2D eigenvalue weighted by atomic mass is 16.5. The monoisotopic (exact) mass is 150 g/mol. The van der Waals surface area contributed by atoms with Gasteiger partial charge in [-0.2, -0.15) is 0 Å². The van der Waals surface area contributed by atoms with Gasteiger partial charge in [-0.25, -0.2) is 0 Å². The van der Waals surface area contributed by atoms with Crippen LogP contribution in [0.5, 0.6) is 0 Å². The summed E-state index contributed by atoms with van der Waals surface area (Å²) in [5.41, 5.74) is 0. The van der Waals surface area contributed by atoms with Crippen LogP contribution in [0.1, 0.15) is 6.42 Å². The third-order valence-corrected chi connectivity index (χ3v) is 2.37. The Labute approximate surface area is 65.5 Å². The van der Waals surface area contributed by atoms with Gasteiger partial charge in [0.25, 0.3) is 0 Å². The van der Waals surface area contributed by atoms with Crippen LogP contribution in [0.3, 0.4) is 0 Å². The summed E-state index contributed by atoms with van der Waals surface area (Å²) >= 11 is 0. The Bertz CT molecular complexity index is 250. The molecule has 0 radical (unpaired) electrons. The largest absolute Gasteiger partial charge is 0.500 e. The predicted octanol–water partition coefficient (Wildman–Crippen LogP) is 1.29. The smallest absolute Gasteiger partial charge is 0.144 e. The number of rotatable bonds is 1. The molecule has 2 aliphatic carbocycles. The average molecular weight is 150 g/mol. The summed E-state index contributed by atoms with van der Waals surface area (Å²) in [6.07, 6.45) is 6.61. The lowest BCUT2D eigenvalue weighted by Crippen LogP contribution is -2.38. The molecule has 0 heterocycles. The first-order valence-corrected chi connectivity index (χ1v) is 3.78. The molecule has 2 rings (SSSR count). The van der Waals surface area contributed by atoms with E-state index in [0.717, 1.165) is 5.76 Å². The number of fused-ring (bicyclic) bond motifs is 1. The van der Waals surface area contributed by atoms with Gasteiger partial charge in [0.1, 0.15) is 11.5 Å². The summed E-state index contributed by atoms with van der Waals surface area (Å²) < 4.78 is 5.08.